The Labute approximate surface area is 192 Å². The molecule has 1 N–H and O–H groups in total. The summed E-state index contributed by atoms with van der Waals surface area (Å²) in [5, 5.41) is 12.2. The molecule has 0 saturated carbocycles. The molecule has 31 heavy (non-hydrogen) atoms. The quantitative estimate of drug-likeness (QED) is 0.495. The van der Waals surface area contributed by atoms with Gasteiger partial charge in [0.2, 0.25) is 0 Å². The molecule has 4 rings (SSSR count). The van der Waals surface area contributed by atoms with Crippen molar-refractivity contribution in [2.75, 3.05) is 18.5 Å². The Morgan fingerprint density at radius 2 is 1.81 bits per heavy atom. The minimum atomic E-state index is -1.22. The van der Waals surface area contributed by atoms with Gasteiger partial charge in [0, 0.05) is 41.8 Å². The molecule has 1 atom stereocenters. The first-order valence-electron chi connectivity index (χ1n) is 10.2. The highest BCUT2D eigenvalue weighted by atomic mass is 35.5. The van der Waals surface area contributed by atoms with Gasteiger partial charge in [0.25, 0.3) is 0 Å². The summed E-state index contributed by atoms with van der Waals surface area (Å²) in [6.07, 6.45) is -1.22. The molecule has 7 heteroatoms. The van der Waals surface area contributed by atoms with Crippen molar-refractivity contribution in [2.24, 2.45) is 0 Å². The molecule has 1 unspecified atom stereocenters. The molecule has 5 nitrogen and oxygen atoms in total. The average Bonchev–Trinajstić information content (AvgIpc) is 3.00. The number of hydrogen-bond acceptors (Lipinski definition) is 3. The van der Waals surface area contributed by atoms with Crippen molar-refractivity contribution in [3.05, 3.63) is 51.6 Å². The zero-order chi connectivity index (χ0) is 22.7. The van der Waals surface area contributed by atoms with Crippen LogP contribution >= 0.6 is 23.2 Å². The van der Waals surface area contributed by atoms with Crippen LogP contribution in [0.1, 0.15) is 38.1 Å². The van der Waals surface area contributed by atoms with Crippen LogP contribution in [-0.4, -0.2) is 34.8 Å². The zero-order valence-corrected chi connectivity index (χ0v) is 19.8. The number of hydrogen-bond donors (Lipinski definition) is 1. The first kappa shape index (κ1) is 22.0. The molecular weight excluding hydrogens is 435 g/mol. The zero-order valence-electron chi connectivity index (χ0n) is 18.3. The molecule has 1 aliphatic heterocycles. The molecule has 3 aromatic rings. The maximum absolute atomic E-state index is 12.4. The number of benzene rings is 2. The maximum atomic E-state index is 12.4. The van der Waals surface area contributed by atoms with E-state index < -0.39 is 17.7 Å². The normalized spacial score (nSPS) is 14.9. The van der Waals surface area contributed by atoms with Gasteiger partial charge < -0.3 is 19.3 Å². The Balaban J connectivity index is 2.16. The van der Waals surface area contributed by atoms with Crippen LogP contribution in [0.4, 0.5) is 5.69 Å². The highest BCUT2D eigenvalue weighted by molar-refractivity contribution is 6.37. The van der Waals surface area contributed by atoms with Gasteiger partial charge in [-0.15, -0.1) is 0 Å². The highest BCUT2D eigenvalue weighted by Gasteiger charge is 2.36. The summed E-state index contributed by atoms with van der Waals surface area (Å²) in [7, 11) is 1.98. The maximum Gasteiger partial charge on any atom is 0.337 e. The lowest BCUT2D eigenvalue weighted by Crippen LogP contribution is -2.30. The SMILES string of the molecule is Cc1cc2c(-c3ccc(Cl)cc3)c(C(OC(C)(C)C)C(=O)O)c(Cl)c3c2n1CCN3C. The summed E-state index contributed by atoms with van der Waals surface area (Å²) in [6.45, 7) is 9.22. The lowest BCUT2D eigenvalue weighted by atomic mass is 9.90. The van der Waals surface area contributed by atoms with Gasteiger partial charge in [-0.3, -0.25) is 0 Å². The number of aliphatic carboxylic acids is 1. The minimum absolute atomic E-state index is 0.413. The molecule has 0 radical (unpaired) electrons. The topological polar surface area (TPSA) is 54.7 Å². The van der Waals surface area contributed by atoms with E-state index in [1.54, 1.807) is 12.1 Å². The number of anilines is 1. The largest absolute Gasteiger partial charge is 0.479 e. The van der Waals surface area contributed by atoms with Crippen LogP contribution in [0.25, 0.3) is 22.0 Å². The fourth-order valence-electron chi connectivity index (χ4n) is 4.37. The van der Waals surface area contributed by atoms with E-state index in [0.29, 0.717) is 15.6 Å². The number of rotatable bonds is 4. The van der Waals surface area contributed by atoms with E-state index >= 15 is 0 Å². The standard InChI is InChI=1S/C24H26Cl2N2O3/c1-13-12-16-17(14-6-8-15(25)9-7-14)18(22(23(29)30)31-24(2,3)4)19(26)21-20(16)28(13)11-10-27(21)5/h6-9,12,22H,10-11H2,1-5H3,(H,29,30). The fraction of sp³-hybridized carbons (Fsp3) is 0.375. The summed E-state index contributed by atoms with van der Waals surface area (Å²) >= 11 is 13.2. The molecule has 0 spiro atoms. The number of nitrogens with zero attached hydrogens (tertiary/aromatic N) is 2. The third-order valence-corrected chi connectivity index (χ3v) is 6.28. The summed E-state index contributed by atoms with van der Waals surface area (Å²) in [4.78, 5) is 14.5. The number of aryl methyl sites for hydroxylation is 1. The predicted octanol–water partition coefficient (Wildman–Crippen LogP) is 6.31. The molecule has 2 heterocycles. The summed E-state index contributed by atoms with van der Waals surface area (Å²) in [5.74, 6) is -1.08. The van der Waals surface area contributed by atoms with Gasteiger partial charge in [0.1, 0.15) is 0 Å². The summed E-state index contributed by atoms with van der Waals surface area (Å²) < 4.78 is 8.31. The van der Waals surface area contributed by atoms with Gasteiger partial charge in [0.15, 0.2) is 6.10 Å². The fourth-order valence-corrected chi connectivity index (χ4v) is 4.92. The molecule has 1 aliphatic rings. The Hall–Kier alpha value is -2.21. The lowest BCUT2D eigenvalue weighted by molar-refractivity contribution is -0.160. The number of carboxylic acids is 1. The summed E-state index contributed by atoms with van der Waals surface area (Å²) in [5.41, 5.74) is 4.38. The average molecular weight is 461 g/mol. The van der Waals surface area contributed by atoms with Gasteiger partial charge in [0.05, 0.1) is 21.8 Å². The van der Waals surface area contributed by atoms with E-state index in [0.717, 1.165) is 46.5 Å². The van der Waals surface area contributed by atoms with E-state index in [2.05, 4.69) is 22.5 Å². The first-order chi connectivity index (χ1) is 14.5. The van der Waals surface area contributed by atoms with Gasteiger partial charge >= 0.3 is 5.97 Å². The van der Waals surface area contributed by atoms with Crippen molar-refractivity contribution in [1.29, 1.82) is 0 Å². The van der Waals surface area contributed by atoms with Gasteiger partial charge in [-0.25, -0.2) is 4.79 Å². The number of halogens is 2. The van der Waals surface area contributed by atoms with Crippen molar-refractivity contribution >= 4 is 45.8 Å². The number of likely N-dealkylation sites (N-methyl/N-ethyl adjacent to an activating group) is 1. The molecule has 0 bridgehead atoms. The monoisotopic (exact) mass is 460 g/mol. The molecule has 1 aromatic heterocycles. The second-order valence-electron chi connectivity index (χ2n) is 9.03. The Bertz CT molecular complexity index is 1180. The van der Waals surface area contributed by atoms with E-state index in [1.165, 1.54) is 0 Å². The van der Waals surface area contributed by atoms with E-state index in [1.807, 2.05) is 40.0 Å². The van der Waals surface area contributed by atoms with Crippen molar-refractivity contribution in [3.8, 4) is 11.1 Å². The lowest BCUT2D eigenvalue weighted by Gasteiger charge is -2.33. The van der Waals surface area contributed by atoms with Crippen LogP contribution in [0, 0.1) is 6.92 Å². The minimum Gasteiger partial charge on any atom is -0.479 e. The number of aromatic nitrogens is 1. The number of carboxylic acid groups (broad SMARTS) is 1. The smallest absolute Gasteiger partial charge is 0.337 e. The van der Waals surface area contributed by atoms with Gasteiger partial charge in [-0.2, -0.15) is 0 Å². The Morgan fingerprint density at radius 3 is 2.39 bits per heavy atom. The molecule has 164 valence electrons. The molecule has 2 aromatic carbocycles. The molecule has 0 amide bonds. The van der Waals surface area contributed by atoms with E-state index in [4.69, 9.17) is 27.9 Å². The third-order valence-electron chi connectivity index (χ3n) is 5.64. The van der Waals surface area contributed by atoms with Crippen molar-refractivity contribution in [3.63, 3.8) is 0 Å². The summed E-state index contributed by atoms with van der Waals surface area (Å²) in [6, 6.07) is 9.51. The molecule has 0 saturated heterocycles. The van der Waals surface area contributed by atoms with Crippen LogP contribution < -0.4 is 4.90 Å². The van der Waals surface area contributed by atoms with Crippen LogP contribution in [-0.2, 0) is 16.1 Å². The number of carbonyl (C=O) groups is 1. The highest BCUT2D eigenvalue weighted by Crippen LogP contribution is 2.50. The molecule has 0 fully saturated rings. The van der Waals surface area contributed by atoms with E-state index in [-0.39, 0.29) is 0 Å². The number of ether oxygens (including phenoxy) is 1. The van der Waals surface area contributed by atoms with Crippen LogP contribution in [0.2, 0.25) is 10.0 Å². The Kier molecular flexibility index (Phi) is 5.49. The second kappa shape index (κ2) is 7.73. The third kappa shape index (κ3) is 3.79. The van der Waals surface area contributed by atoms with Crippen molar-refractivity contribution < 1.29 is 14.6 Å². The van der Waals surface area contributed by atoms with Crippen LogP contribution in [0.15, 0.2) is 30.3 Å². The van der Waals surface area contributed by atoms with Crippen molar-refractivity contribution in [1.82, 2.24) is 4.57 Å². The van der Waals surface area contributed by atoms with Gasteiger partial charge in [-0.1, -0.05) is 35.3 Å². The van der Waals surface area contributed by atoms with Crippen LogP contribution in [0.3, 0.4) is 0 Å². The Morgan fingerprint density at radius 1 is 1.16 bits per heavy atom. The van der Waals surface area contributed by atoms with Crippen LogP contribution in [0.5, 0.6) is 0 Å². The molecular formula is C24H26Cl2N2O3. The predicted molar refractivity (Wildman–Crippen MR) is 127 cm³/mol. The van der Waals surface area contributed by atoms with Gasteiger partial charge in [-0.05, 0) is 57.0 Å². The molecule has 0 aliphatic carbocycles. The van der Waals surface area contributed by atoms with E-state index in [9.17, 15) is 9.90 Å². The van der Waals surface area contributed by atoms with Crippen molar-refractivity contribution in [2.45, 2.75) is 45.9 Å². The second-order valence-corrected chi connectivity index (χ2v) is 9.84. The first-order valence-corrected chi connectivity index (χ1v) is 11.0.